The Kier molecular flexibility index (Phi) is 6.93. The molecule has 19 heavy (non-hydrogen) atoms. The lowest BCUT2D eigenvalue weighted by Crippen LogP contribution is -2.11. The number of ether oxygens (including phenoxy) is 2. The van der Waals surface area contributed by atoms with E-state index in [-0.39, 0.29) is 5.41 Å². The third kappa shape index (κ3) is 6.63. The smallest absolute Gasteiger partial charge is 0.119 e. The van der Waals surface area contributed by atoms with Crippen LogP contribution in [0, 0.1) is 0 Å². The predicted octanol–water partition coefficient (Wildman–Crippen LogP) is 4.57. The lowest BCUT2D eigenvalue weighted by atomic mass is 9.87. The summed E-state index contributed by atoms with van der Waals surface area (Å²) in [5.74, 6) is 0.984. The highest BCUT2D eigenvalue weighted by Crippen LogP contribution is 2.25. The minimum Gasteiger partial charge on any atom is -0.494 e. The average Bonchev–Trinajstić information content (AvgIpc) is 2.37. The Hall–Kier alpha value is -1.02. The quantitative estimate of drug-likeness (QED) is 0.640. The topological polar surface area (TPSA) is 18.5 Å². The van der Waals surface area contributed by atoms with Crippen molar-refractivity contribution in [1.82, 2.24) is 0 Å². The molecule has 0 saturated heterocycles. The molecule has 0 saturated carbocycles. The van der Waals surface area contributed by atoms with Gasteiger partial charge in [0.05, 0.1) is 6.61 Å². The van der Waals surface area contributed by atoms with Crippen LogP contribution >= 0.6 is 0 Å². The molecule has 0 spiro atoms. The fourth-order valence-corrected chi connectivity index (χ4v) is 1.87. The van der Waals surface area contributed by atoms with Gasteiger partial charge in [-0.05, 0) is 49.3 Å². The van der Waals surface area contributed by atoms with Gasteiger partial charge in [-0.3, -0.25) is 0 Å². The minimum atomic E-state index is 0.177. The molecule has 2 heteroatoms. The molecule has 1 aromatic carbocycles. The Balaban J connectivity index is 2.26. The summed E-state index contributed by atoms with van der Waals surface area (Å²) in [5.41, 5.74) is 1.50. The second kappa shape index (κ2) is 8.21. The molecule has 0 aliphatic heterocycles. The molecule has 2 nitrogen and oxygen atoms in total. The molecule has 0 bridgehead atoms. The third-order valence-electron chi connectivity index (χ3n) is 3.11. The van der Waals surface area contributed by atoms with Crippen molar-refractivity contribution in [3.8, 4) is 5.75 Å². The van der Waals surface area contributed by atoms with Gasteiger partial charge in [0.25, 0.3) is 0 Å². The van der Waals surface area contributed by atoms with E-state index >= 15 is 0 Å². The van der Waals surface area contributed by atoms with E-state index < -0.39 is 0 Å². The maximum absolute atomic E-state index is 5.81. The molecule has 0 aliphatic carbocycles. The minimum absolute atomic E-state index is 0.177. The SMILES string of the molecule is CCOCCCCCOc1cccc(C(C)(C)C)c1. The van der Waals surface area contributed by atoms with Gasteiger partial charge < -0.3 is 9.47 Å². The van der Waals surface area contributed by atoms with Gasteiger partial charge in [0.1, 0.15) is 5.75 Å². The zero-order chi connectivity index (χ0) is 14.1. The first kappa shape index (κ1) is 16.0. The number of hydrogen-bond acceptors (Lipinski definition) is 2. The van der Waals surface area contributed by atoms with Crippen molar-refractivity contribution in [2.75, 3.05) is 19.8 Å². The highest BCUT2D eigenvalue weighted by atomic mass is 16.5. The fraction of sp³-hybridized carbons (Fsp3) is 0.647. The van der Waals surface area contributed by atoms with Crippen molar-refractivity contribution in [2.24, 2.45) is 0 Å². The van der Waals surface area contributed by atoms with E-state index in [1.165, 1.54) is 12.0 Å². The highest BCUT2D eigenvalue weighted by molar-refractivity contribution is 5.32. The van der Waals surface area contributed by atoms with Crippen LogP contribution in [0.5, 0.6) is 5.75 Å². The molecule has 0 atom stereocenters. The molecule has 0 heterocycles. The van der Waals surface area contributed by atoms with Crippen LogP contribution in [0.3, 0.4) is 0 Å². The first-order valence-corrected chi connectivity index (χ1v) is 7.35. The predicted molar refractivity (Wildman–Crippen MR) is 81.0 cm³/mol. The molecule has 0 aliphatic rings. The van der Waals surface area contributed by atoms with Crippen LogP contribution < -0.4 is 4.74 Å². The molecule has 0 N–H and O–H groups in total. The maximum atomic E-state index is 5.81. The van der Waals surface area contributed by atoms with Crippen LogP contribution in [0.2, 0.25) is 0 Å². The molecule has 0 amide bonds. The normalized spacial score (nSPS) is 11.6. The highest BCUT2D eigenvalue weighted by Gasteiger charge is 2.13. The largest absolute Gasteiger partial charge is 0.494 e. The summed E-state index contributed by atoms with van der Waals surface area (Å²) in [6.45, 7) is 11.2. The van der Waals surface area contributed by atoms with Crippen molar-refractivity contribution < 1.29 is 9.47 Å². The molecule has 0 aromatic heterocycles. The first-order valence-electron chi connectivity index (χ1n) is 7.35. The van der Waals surface area contributed by atoms with Gasteiger partial charge in [-0.25, -0.2) is 0 Å². The zero-order valence-corrected chi connectivity index (χ0v) is 12.9. The number of hydrogen-bond donors (Lipinski definition) is 0. The van der Waals surface area contributed by atoms with Crippen molar-refractivity contribution in [3.05, 3.63) is 29.8 Å². The average molecular weight is 264 g/mol. The van der Waals surface area contributed by atoms with Crippen LogP contribution in [-0.2, 0) is 10.2 Å². The summed E-state index contributed by atoms with van der Waals surface area (Å²) in [5, 5.41) is 0. The van der Waals surface area contributed by atoms with E-state index in [1.54, 1.807) is 0 Å². The van der Waals surface area contributed by atoms with E-state index in [1.807, 2.05) is 13.0 Å². The Bertz CT molecular complexity index is 353. The lowest BCUT2D eigenvalue weighted by molar-refractivity contribution is 0.141. The molecule has 1 rings (SSSR count). The standard InChI is InChI=1S/C17H28O2/c1-5-18-12-7-6-8-13-19-16-11-9-10-15(14-16)17(2,3)4/h9-11,14H,5-8,12-13H2,1-4H3. The fourth-order valence-electron chi connectivity index (χ4n) is 1.87. The molecule has 1 aromatic rings. The third-order valence-corrected chi connectivity index (χ3v) is 3.11. The van der Waals surface area contributed by atoms with Crippen molar-refractivity contribution in [2.45, 2.75) is 52.4 Å². The Labute approximate surface area is 118 Å². The van der Waals surface area contributed by atoms with Crippen molar-refractivity contribution >= 4 is 0 Å². The van der Waals surface area contributed by atoms with Gasteiger partial charge in [0, 0.05) is 13.2 Å². The van der Waals surface area contributed by atoms with E-state index in [0.717, 1.165) is 38.4 Å². The van der Waals surface area contributed by atoms with E-state index in [9.17, 15) is 0 Å². The summed E-state index contributed by atoms with van der Waals surface area (Å²) in [7, 11) is 0. The molecule has 0 fully saturated rings. The van der Waals surface area contributed by atoms with Gasteiger partial charge >= 0.3 is 0 Å². The zero-order valence-electron chi connectivity index (χ0n) is 12.9. The van der Waals surface area contributed by atoms with Gasteiger partial charge in [0.15, 0.2) is 0 Å². The van der Waals surface area contributed by atoms with Crippen LogP contribution in [-0.4, -0.2) is 19.8 Å². The molecular weight excluding hydrogens is 236 g/mol. The lowest BCUT2D eigenvalue weighted by Gasteiger charge is -2.19. The Morgan fingerprint density at radius 1 is 1.00 bits per heavy atom. The first-order chi connectivity index (χ1) is 9.04. The molecule has 0 radical (unpaired) electrons. The summed E-state index contributed by atoms with van der Waals surface area (Å²) in [4.78, 5) is 0. The summed E-state index contributed by atoms with van der Waals surface area (Å²) in [6.07, 6.45) is 3.38. The van der Waals surface area contributed by atoms with Gasteiger partial charge in [-0.15, -0.1) is 0 Å². The Morgan fingerprint density at radius 2 is 1.74 bits per heavy atom. The molecule has 108 valence electrons. The van der Waals surface area contributed by atoms with Crippen LogP contribution in [0.1, 0.15) is 52.5 Å². The monoisotopic (exact) mass is 264 g/mol. The number of benzene rings is 1. The van der Waals surface area contributed by atoms with E-state index in [2.05, 4.69) is 39.0 Å². The van der Waals surface area contributed by atoms with E-state index in [0.29, 0.717) is 0 Å². The summed E-state index contributed by atoms with van der Waals surface area (Å²) in [6, 6.07) is 8.43. The summed E-state index contributed by atoms with van der Waals surface area (Å²) < 4.78 is 11.1. The van der Waals surface area contributed by atoms with E-state index in [4.69, 9.17) is 9.47 Å². The van der Waals surface area contributed by atoms with Crippen LogP contribution in [0.15, 0.2) is 24.3 Å². The van der Waals surface area contributed by atoms with Crippen molar-refractivity contribution in [3.63, 3.8) is 0 Å². The summed E-state index contributed by atoms with van der Waals surface area (Å²) >= 11 is 0. The second-order valence-electron chi connectivity index (χ2n) is 5.88. The Morgan fingerprint density at radius 3 is 2.42 bits per heavy atom. The number of rotatable bonds is 8. The van der Waals surface area contributed by atoms with Gasteiger partial charge in [0.2, 0.25) is 0 Å². The molecule has 0 unspecified atom stereocenters. The number of unbranched alkanes of at least 4 members (excludes halogenated alkanes) is 2. The second-order valence-corrected chi connectivity index (χ2v) is 5.88. The maximum Gasteiger partial charge on any atom is 0.119 e. The van der Waals surface area contributed by atoms with Crippen LogP contribution in [0.25, 0.3) is 0 Å². The van der Waals surface area contributed by atoms with Crippen LogP contribution in [0.4, 0.5) is 0 Å². The van der Waals surface area contributed by atoms with Gasteiger partial charge in [-0.1, -0.05) is 32.9 Å². The van der Waals surface area contributed by atoms with Crippen molar-refractivity contribution in [1.29, 1.82) is 0 Å². The molecular formula is C17H28O2. The van der Waals surface area contributed by atoms with Gasteiger partial charge in [-0.2, -0.15) is 0 Å².